The van der Waals surface area contributed by atoms with Crippen LogP contribution in [0.3, 0.4) is 0 Å². The number of nitrogens with zero attached hydrogens (tertiary/aromatic N) is 1. The van der Waals surface area contributed by atoms with Crippen molar-refractivity contribution in [2.24, 2.45) is 0 Å². The van der Waals surface area contributed by atoms with Crippen molar-refractivity contribution >= 4 is 15.9 Å². The van der Waals surface area contributed by atoms with Crippen LogP contribution in [0, 0.1) is 0 Å². The van der Waals surface area contributed by atoms with Crippen LogP contribution in [0.4, 0.5) is 0 Å². The van der Waals surface area contributed by atoms with Crippen LogP contribution in [0.2, 0.25) is 0 Å². The van der Waals surface area contributed by atoms with Crippen LogP contribution < -0.4 is 5.32 Å². The maximum atomic E-state index is 5.72. The molecule has 0 unspecified atom stereocenters. The molecule has 0 aliphatic carbocycles. The van der Waals surface area contributed by atoms with Crippen LogP contribution >= 0.6 is 15.9 Å². The van der Waals surface area contributed by atoms with E-state index in [2.05, 4.69) is 38.8 Å². The molecule has 1 saturated heterocycles. The van der Waals surface area contributed by atoms with Crippen molar-refractivity contribution in [2.75, 3.05) is 26.2 Å². The van der Waals surface area contributed by atoms with E-state index in [0.29, 0.717) is 6.04 Å². The number of halogens is 1. The Kier molecular flexibility index (Phi) is 4.83. The van der Waals surface area contributed by atoms with E-state index in [4.69, 9.17) is 4.42 Å². The van der Waals surface area contributed by atoms with Gasteiger partial charge in [-0.3, -0.25) is 4.90 Å². The number of piperazine rings is 1. The van der Waals surface area contributed by atoms with Crippen LogP contribution in [0.5, 0.6) is 0 Å². The highest BCUT2D eigenvalue weighted by molar-refractivity contribution is 9.10. The Hall–Kier alpha value is -0.580. The molecule has 1 aliphatic heterocycles. The lowest BCUT2D eigenvalue weighted by atomic mass is 10.1. The Labute approximate surface area is 111 Å². The van der Waals surface area contributed by atoms with Crippen LogP contribution in [-0.2, 0) is 0 Å². The Balaban J connectivity index is 2.08. The fraction of sp³-hybridized carbons (Fsp3) is 0.538. The summed E-state index contributed by atoms with van der Waals surface area (Å²) in [6.07, 6.45) is 4.07. The lowest BCUT2D eigenvalue weighted by molar-refractivity contribution is 0.146. The molecule has 1 fully saturated rings. The molecular weight excluding hydrogens is 280 g/mol. The molecule has 0 saturated carbocycles. The monoisotopic (exact) mass is 298 g/mol. The summed E-state index contributed by atoms with van der Waals surface area (Å²) in [5.74, 6) is 1.06. The lowest BCUT2D eigenvalue weighted by Gasteiger charge is -2.33. The third kappa shape index (κ3) is 3.44. The summed E-state index contributed by atoms with van der Waals surface area (Å²) in [6.45, 7) is 8.10. The molecule has 4 heteroatoms. The largest absolute Gasteiger partial charge is 0.453 e. The van der Waals surface area contributed by atoms with Crippen LogP contribution in [0.25, 0.3) is 0 Å². The van der Waals surface area contributed by atoms with E-state index in [1.807, 2.05) is 12.1 Å². The van der Waals surface area contributed by atoms with Gasteiger partial charge in [0, 0.05) is 26.2 Å². The Morgan fingerprint density at radius 2 is 2.24 bits per heavy atom. The molecule has 2 rings (SSSR count). The first-order valence-electron chi connectivity index (χ1n) is 6.12. The fourth-order valence-corrected chi connectivity index (χ4v) is 2.60. The zero-order chi connectivity index (χ0) is 12.1. The number of furan rings is 1. The number of hydrogen-bond acceptors (Lipinski definition) is 3. The molecule has 1 atom stereocenters. The maximum Gasteiger partial charge on any atom is 0.169 e. The summed E-state index contributed by atoms with van der Waals surface area (Å²) in [4.78, 5) is 2.49. The molecule has 0 bridgehead atoms. The average Bonchev–Trinajstić information content (AvgIpc) is 2.78. The molecular formula is C13H19BrN2O. The standard InChI is InChI=1S/C13H19BrN2O/c1-2-3-4-11(12-5-6-13(14)17-12)16-9-7-15-8-10-16/h2,5-6,11,15H,1,3-4,7-10H2/t11-/m1/s1. The Morgan fingerprint density at radius 3 is 2.82 bits per heavy atom. The first-order valence-corrected chi connectivity index (χ1v) is 6.91. The highest BCUT2D eigenvalue weighted by Gasteiger charge is 2.23. The summed E-state index contributed by atoms with van der Waals surface area (Å²) < 4.78 is 6.53. The number of allylic oxidation sites excluding steroid dienone is 1. The third-order valence-corrected chi connectivity index (χ3v) is 3.59. The van der Waals surface area contributed by atoms with Gasteiger partial charge in [0.05, 0.1) is 6.04 Å². The highest BCUT2D eigenvalue weighted by atomic mass is 79.9. The number of hydrogen-bond donors (Lipinski definition) is 1. The second-order valence-corrected chi connectivity index (χ2v) is 5.09. The van der Waals surface area contributed by atoms with Gasteiger partial charge in [-0.1, -0.05) is 6.08 Å². The smallest absolute Gasteiger partial charge is 0.169 e. The van der Waals surface area contributed by atoms with E-state index in [-0.39, 0.29) is 0 Å². The van der Waals surface area contributed by atoms with E-state index in [1.165, 1.54) is 0 Å². The molecule has 0 amide bonds. The molecule has 1 aliphatic rings. The zero-order valence-electron chi connectivity index (χ0n) is 9.99. The predicted octanol–water partition coefficient (Wildman–Crippen LogP) is 2.95. The third-order valence-electron chi connectivity index (χ3n) is 3.16. The minimum atomic E-state index is 0.376. The Bertz CT molecular complexity index is 358. The molecule has 94 valence electrons. The quantitative estimate of drug-likeness (QED) is 0.847. The van der Waals surface area contributed by atoms with Gasteiger partial charge in [0.1, 0.15) is 5.76 Å². The second kappa shape index (κ2) is 6.38. The van der Waals surface area contributed by atoms with Crippen molar-refractivity contribution in [1.82, 2.24) is 10.2 Å². The zero-order valence-corrected chi connectivity index (χ0v) is 11.6. The topological polar surface area (TPSA) is 28.4 Å². The number of rotatable bonds is 5. The van der Waals surface area contributed by atoms with Crippen molar-refractivity contribution in [1.29, 1.82) is 0 Å². The molecule has 1 aromatic rings. The number of nitrogens with one attached hydrogen (secondary N) is 1. The molecule has 2 heterocycles. The van der Waals surface area contributed by atoms with Gasteiger partial charge in [-0.15, -0.1) is 6.58 Å². The lowest BCUT2D eigenvalue weighted by Crippen LogP contribution is -2.45. The summed E-state index contributed by atoms with van der Waals surface area (Å²) >= 11 is 3.37. The molecule has 0 spiro atoms. The van der Waals surface area contributed by atoms with Crippen molar-refractivity contribution in [3.05, 3.63) is 35.2 Å². The van der Waals surface area contributed by atoms with Gasteiger partial charge in [-0.05, 0) is 40.9 Å². The molecule has 0 aromatic carbocycles. The van der Waals surface area contributed by atoms with Gasteiger partial charge in [-0.2, -0.15) is 0 Å². The van der Waals surface area contributed by atoms with E-state index >= 15 is 0 Å². The van der Waals surface area contributed by atoms with Gasteiger partial charge in [-0.25, -0.2) is 0 Å². The first-order chi connectivity index (χ1) is 8.31. The molecule has 0 radical (unpaired) electrons. The minimum Gasteiger partial charge on any atom is -0.453 e. The van der Waals surface area contributed by atoms with Crippen molar-refractivity contribution in [2.45, 2.75) is 18.9 Å². The van der Waals surface area contributed by atoms with Gasteiger partial charge >= 0.3 is 0 Å². The maximum absolute atomic E-state index is 5.72. The Morgan fingerprint density at radius 1 is 1.47 bits per heavy atom. The fourth-order valence-electron chi connectivity index (χ4n) is 2.28. The molecule has 17 heavy (non-hydrogen) atoms. The SMILES string of the molecule is C=CCC[C@H](c1ccc(Br)o1)N1CCNCC1. The van der Waals surface area contributed by atoms with E-state index in [0.717, 1.165) is 49.5 Å². The summed E-state index contributed by atoms with van der Waals surface area (Å²) in [7, 11) is 0. The van der Waals surface area contributed by atoms with Gasteiger partial charge < -0.3 is 9.73 Å². The van der Waals surface area contributed by atoms with Crippen LogP contribution in [0.1, 0.15) is 24.6 Å². The summed E-state index contributed by atoms with van der Waals surface area (Å²) in [6, 6.07) is 4.42. The summed E-state index contributed by atoms with van der Waals surface area (Å²) in [5, 5.41) is 3.38. The van der Waals surface area contributed by atoms with Gasteiger partial charge in [0.15, 0.2) is 4.67 Å². The van der Waals surface area contributed by atoms with Crippen LogP contribution in [0.15, 0.2) is 33.9 Å². The van der Waals surface area contributed by atoms with E-state index in [1.54, 1.807) is 0 Å². The molecule has 3 nitrogen and oxygen atoms in total. The van der Waals surface area contributed by atoms with E-state index in [9.17, 15) is 0 Å². The average molecular weight is 299 g/mol. The normalized spacial score (nSPS) is 19.1. The second-order valence-electron chi connectivity index (χ2n) is 4.31. The molecule has 1 aromatic heterocycles. The minimum absolute atomic E-state index is 0.376. The van der Waals surface area contributed by atoms with Crippen molar-refractivity contribution < 1.29 is 4.42 Å². The van der Waals surface area contributed by atoms with Crippen LogP contribution in [-0.4, -0.2) is 31.1 Å². The van der Waals surface area contributed by atoms with Crippen molar-refractivity contribution in [3.63, 3.8) is 0 Å². The highest BCUT2D eigenvalue weighted by Crippen LogP contribution is 2.29. The van der Waals surface area contributed by atoms with E-state index < -0.39 is 0 Å². The summed E-state index contributed by atoms with van der Waals surface area (Å²) in [5.41, 5.74) is 0. The van der Waals surface area contributed by atoms with Crippen molar-refractivity contribution in [3.8, 4) is 0 Å². The molecule has 1 N–H and O–H groups in total. The van der Waals surface area contributed by atoms with Gasteiger partial charge in [0.2, 0.25) is 0 Å². The van der Waals surface area contributed by atoms with Gasteiger partial charge in [0.25, 0.3) is 0 Å². The first kappa shape index (κ1) is 12.9. The predicted molar refractivity (Wildman–Crippen MR) is 73.0 cm³/mol.